The molecule has 0 saturated carbocycles. The number of anilines is 1. The summed E-state index contributed by atoms with van der Waals surface area (Å²) in [5, 5.41) is 4.75. The molecule has 1 heterocycles. The van der Waals surface area contributed by atoms with E-state index in [1.165, 1.54) is 18.4 Å². The lowest BCUT2D eigenvalue weighted by Gasteiger charge is -2.06. The molecule has 0 aliphatic heterocycles. The average Bonchev–Trinajstić information content (AvgIpc) is 2.73. The second kappa shape index (κ2) is 7.07. The highest BCUT2D eigenvalue weighted by Crippen LogP contribution is 2.15. The second-order valence-corrected chi connectivity index (χ2v) is 4.66. The number of nitrogens with one attached hydrogen (secondary N) is 1. The summed E-state index contributed by atoms with van der Waals surface area (Å²) in [4.78, 5) is 26.6. The van der Waals surface area contributed by atoms with E-state index in [1.54, 1.807) is 5.38 Å². The Hall–Kier alpha value is -1.47. The molecule has 0 atom stereocenters. The smallest absolute Gasteiger partial charge is 0.311 e. The van der Waals surface area contributed by atoms with Crippen molar-refractivity contribution in [2.45, 2.75) is 26.4 Å². The van der Waals surface area contributed by atoms with E-state index in [4.69, 9.17) is 4.74 Å². The summed E-state index contributed by atoms with van der Waals surface area (Å²) in [5.41, 5.74) is 0.576. The standard InChI is InChI=1S/C11H16N2O4S/c1-7(2)17-5-9(14)13-11-12-8(6-18-11)4-10(15)16-3/h6-7H,4-5H2,1-3H3,(H,12,13,14). The average molecular weight is 272 g/mol. The number of nitrogens with zero attached hydrogens (tertiary/aromatic N) is 1. The number of carbonyl (C=O) groups excluding carboxylic acids is 2. The molecule has 7 heteroatoms. The van der Waals surface area contributed by atoms with Crippen LogP contribution in [0.15, 0.2) is 5.38 Å². The van der Waals surface area contributed by atoms with Gasteiger partial charge in [0, 0.05) is 5.38 Å². The number of esters is 1. The van der Waals surface area contributed by atoms with Crippen LogP contribution in [-0.4, -0.2) is 36.7 Å². The molecule has 0 bridgehead atoms. The molecular weight excluding hydrogens is 256 g/mol. The number of methoxy groups -OCH3 is 1. The normalized spacial score (nSPS) is 10.4. The Morgan fingerprint density at radius 2 is 2.22 bits per heavy atom. The third-order valence-corrected chi connectivity index (χ3v) is 2.71. The number of carbonyl (C=O) groups is 2. The minimum atomic E-state index is -0.360. The molecule has 100 valence electrons. The van der Waals surface area contributed by atoms with E-state index < -0.39 is 0 Å². The maximum Gasteiger partial charge on any atom is 0.311 e. The first-order valence-corrected chi connectivity index (χ1v) is 6.32. The molecular formula is C11H16N2O4S. The van der Waals surface area contributed by atoms with Crippen molar-refractivity contribution in [3.63, 3.8) is 0 Å². The molecule has 0 spiro atoms. The van der Waals surface area contributed by atoms with Crippen LogP contribution in [0.4, 0.5) is 5.13 Å². The predicted octanol–water partition coefficient (Wildman–Crippen LogP) is 1.22. The van der Waals surface area contributed by atoms with Gasteiger partial charge in [0.15, 0.2) is 5.13 Å². The molecule has 1 amide bonds. The highest BCUT2D eigenvalue weighted by Gasteiger charge is 2.10. The van der Waals surface area contributed by atoms with E-state index in [1.807, 2.05) is 13.8 Å². The highest BCUT2D eigenvalue weighted by atomic mass is 32.1. The van der Waals surface area contributed by atoms with Crippen LogP contribution in [0, 0.1) is 0 Å². The van der Waals surface area contributed by atoms with Gasteiger partial charge in [0.05, 0.1) is 25.3 Å². The second-order valence-electron chi connectivity index (χ2n) is 3.80. The van der Waals surface area contributed by atoms with E-state index in [0.717, 1.165) is 0 Å². The largest absolute Gasteiger partial charge is 0.469 e. The lowest BCUT2D eigenvalue weighted by Crippen LogP contribution is -2.20. The summed E-state index contributed by atoms with van der Waals surface area (Å²) in [7, 11) is 1.32. The molecule has 0 aliphatic carbocycles. The molecule has 0 aliphatic rings. The first-order valence-electron chi connectivity index (χ1n) is 5.44. The molecule has 0 aromatic carbocycles. The van der Waals surface area contributed by atoms with Crippen molar-refractivity contribution in [3.05, 3.63) is 11.1 Å². The van der Waals surface area contributed by atoms with Gasteiger partial charge in [-0.25, -0.2) is 4.98 Å². The molecule has 1 rings (SSSR count). The van der Waals surface area contributed by atoms with E-state index in [-0.39, 0.29) is 31.0 Å². The Morgan fingerprint density at radius 3 is 2.83 bits per heavy atom. The van der Waals surface area contributed by atoms with Crippen LogP contribution in [0.5, 0.6) is 0 Å². The fraction of sp³-hybridized carbons (Fsp3) is 0.545. The number of aromatic nitrogens is 1. The molecule has 18 heavy (non-hydrogen) atoms. The molecule has 0 saturated heterocycles. The zero-order valence-corrected chi connectivity index (χ0v) is 11.4. The van der Waals surface area contributed by atoms with Crippen LogP contribution in [0.1, 0.15) is 19.5 Å². The molecule has 0 fully saturated rings. The number of ether oxygens (including phenoxy) is 2. The molecule has 1 N–H and O–H groups in total. The topological polar surface area (TPSA) is 77.5 Å². The van der Waals surface area contributed by atoms with Gasteiger partial charge in [-0.05, 0) is 13.8 Å². The van der Waals surface area contributed by atoms with Gasteiger partial charge in [0.25, 0.3) is 5.91 Å². The first-order chi connectivity index (χ1) is 8.51. The van der Waals surface area contributed by atoms with Crippen LogP contribution in [0.2, 0.25) is 0 Å². The maximum absolute atomic E-state index is 11.4. The molecule has 1 aromatic heterocycles. The number of amides is 1. The summed E-state index contributed by atoms with van der Waals surface area (Å²) in [6.07, 6.45) is 0.104. The fourth-order valence-electron chi connectivity index (χ4n) is 1.06. The molecule has 1 aromatic rings. The maximum atomic E-state index is 11.4. The van der Waals surface area contributed by atoms with Gasteiger partial charge in [-0.2, -0.15) is 0 Å². The van der Waals surface area contributed by atoms with Gasteiger partial charge in [-0.3, -0.25) is 14.9 Å². The van der Waals surface area contributed by atoms with Gasteiger partial charge >= 0.3 is 5.97 Å². The molecule has 6 nitrogen and oxygen atoms in total. The van der Waals surface area contributed by atoms with Crippen molar-refractivity contribution in [3.8, 4) is 0 Å². The van der Waals surface area contributed by atoms with E-state index in [0.29, 0.717) is 10.8 Å². The van der Waals surface area contributed by atoms with Crippen molar-refractivity contribution in [1.29, 1.82) is 0 Å². The van der Waals surface area contributed by atoms with Gasteiger partial charge in [-0.1, -0.05) is 0 Å². The van der Waals surface area contributed by atoms with Crippen LogP contribution >= 0.6 is 11.3 Å². The number of rotatable bonds is 6. The zero-order valence-electron chi connectivity index (χ0n) is 10.6. The number of hydrogen-bond donors (Lipinski definition) is 1. The van der Waals surface area contributed by atoms with Crippen LogP contribution in [0.3, 0.4) is 0 Å². The summed E-state index contributed by atoms with van der Waals surface area (Å²) in [6.45, 7) is 3.69. The summed E-state index contributed by atoms with van der Waals surface area (Å²) < 4.78 is 9.68. The van der Waals surface area contributed by atoms with E-state index in [2.05, 4.69) is 15.0 Å². The highest BCUT2D eigenvalue weighted by molar-refractivity contribution is 7.13. The van der Waals surface area contributed by atoms with Crippen molar-refractivity contribution in [1.82, 2.24) is 4.98 Å². The van der Waals surface area contributed by atoms with Crippen LogP contribution in [0.25, 0.3) is 0 Å². The zero-order chi connectivity index (χ0) is 13.5. The number of thiazole rings is 1. The SMILES string of the molecule is COC(=O)Cc1csc(NC(=O)COC(C)C)n1. The number of hydrogen-bond acceptors (Lipinski definition) is 6. The fourth-order valence-corrected chi connectivity index (χ4v) is 1.79. The third-order valence-electron chi connectivity index (χ3n) is 1.90. The van der Waals surface area contributed by atoms with Gasteiger partial charge < -0.3 is 9.47 Å². The predicted molar refractivity (Wildman–Crippen MR) is 67.6 cm³/mol. The van der Waals surface area contributed by atoms with Crippen LogP contribution in [-0.2, 0) is 25.5 Å². The lowest BCUT2D eigenvalue weighted by molar-refractivity contribution is -0.139. The minimum absolute atomic E-state index is 0.00179. The van der Waals surface area contributed by atoms with Gasteiger partial charge in [0.2, 0.25) is 0 Å². The Labute approximate surface area is 109 Å². The first kappa shape index (κ1) is 14.6. The van der Waals surface area contributed by atoms with Crippen molar-refractivity contribution >= 4 is 28.3 Å². The van der Waals surface area contributed by atoms with E-state index >= 15 is 0 Å². The lowest BCUT2D eigenvalue weighted by atomic mass is 10.3. The molecule has 0 unspecified atom stereocenters. The Morgan fingerprint density at radius 1 is 1.50 bits per heavy atom. The Bertz CT molecular complexity index is 417. The molecule has 0 radical (unpaired) electrons. The summed E-state index contributed by atoms with van der Waals surface area (Å²) >= 11 is 1.26. The van der Waals surface area contributed by atoms with E-state index in [9.17, 15) is 9.59 Å². The van der Waals surface area contributed by atoms with Crippen molar-refractivity contribution < 1.29 is 19.1 Å². The van der Waals surface area contributed by atoms with Crippen LogP contribution < -0.4 is 5.32 Å². The van der Waals surface area contributed by atoms with Gasteiger partial charge in [-0.15, -0.1) is 11.3 Å². The van der Waals surface area contributed by atoms with Gasteiger partial charge in [0.1, 0.15) is 6.61 Å². The third kappa shape index (κ3) is 5.24. The summed E-state index contributed by atoms with van der Waals surface area (Å²) in [6, 6.07) is 0. The Kier molecular flexibility index (Phi) is 5.73. The summed E-state index contributed by atoms with van der Waals surface area (Å²) in [5.74, 6) is -0.621. The van der Waals surface area contributed by atoms with Crippen molar-refractivity contribution in [2.75, 3.05) is 19.0 Å². The monoisotopic (exact) mass is 272 g/mol. The van der Waals surface area contributed by atoms with Crippen molar-refractivity contribution in [2.24, 2.45) is 0 Å². The Balaban J connectivity index is 2.43. The quantitative estimate of drug-likeness (QED) is 0.788. The minimum Gasteiger partial charge on any atom is -0.469 e.